The molecule has 2 rings (SSSR count). The second-order valence-corrected chi connectivity index (χ2v) is 4.59. The van der Waals surface area contributed by atoms with Crippen LogP contribution in [0.5, 0.6) is 0 Å². The van der Waals surface area contributed by atoms with Crippen molar-refractivity contribution in [3.63, 3.8) is 0 Å². The van der Waals surface area contributed by atoms with Crippen molar-refractivity contribution in [2.75, 3.05) is 0 Å². The lowest BCUT2D eigenvalue weighted by atomic mass is 10.1. The van der Waals surface area contributed by atoms with Crippen molar-refractivity contribution in [1.82, 2.24) is 9.78 Å². The number of nitrogens with zero attached hydrogens (tertiary/aromatic N) is 2. The third-order valence-electron chi connectivity index (χ3n) is 2.35. The number of hydrogen-bond acceptors (Lipinski definition) is 1. The lowest BCUT2D eigenvalue weighted by molar-refractivity contribution is 0.679. The molecule has 0 spiro atoms. The fraction of sp³-hybridized carbons (Fsp3) is 0.250. The van der Waals surface area contributed by atoms with Gasteiger partial charge in [0.15, 0.2) is 0 Å². The molecule has 0 saturated heterocycles. The zero-order valence-electron chi connectivity index (χ0n) is 8.87. The van der Waals surface area contributed by atoms with Gasteiger partial charge in [-0.1, -0.05) is 28.1 Å². The lowest BCUT2D eigenvalue weighted by Gasteiger charge is -2.04. The third-order valence-corrected chi connectivity index (χ3v) is 3.21. The smallest absolute Gasteiger partial charge is 0.0659 e. The quantitative estimate of drug-likeness (QED) is 0.814. The van der Waals surface area contributed by atoms with Crippen LogP contribution >= 0.6 is 15.9 Å². The molecule has 0 atom stereocenters. The summed E-state index contributed by atoms with van der Waals surface area (Å²) in [6, 6.07) is 8.42. The van der Waals surface area contributed by atoms with E-state index in [0.29, 0.717) is 0 Å². The van der Waals surface area contributed by atoms with E-state index in [1.54, 1.807) is 0 Å². The highest BCUT2D eigenvalue weighted by Crippen LogP contribution is 2.17. The summed E-state index contributed by atoms with van der Waals surface area (Å²) in [7, 11) is 0. The maximum Gasteiger partial charge on any atom is 0.0659 e. The minimum atomic E-state index is 0.826. The van der Waals surface area contributed by atoms with Gasteiger partial charge in [-0.2, -0.15) is 5.10 Å². The van der Waals surface area contributed by atoms with Crippen LogP contribution < -0.4 is 0 Å². The summed E-state index contributed by atoms with van der Waals surface area (Å²) < 4.78 is 3.11. The van der Waals surface area contributed by atoms with Crippen molar-refractivity contribution in [1.29, 1.82) is 0 Å². The van der Waals surface area contributed by atoms with Gasteiger partial charge in [0.1, 0.15) is 0 Å². The molecule has 1 heterocycles. The van der Waals surface area contributed by atoms with Crippen LogP contribution in [0.2, 0.25) is 0 Å². The Bertz CT molecular complexity index is 474. The van der Waals surface area contributed by atoms with E-state index in [9.17, 15) is 0 Å². The van der Waals surface area contributed by atoms with Crippen molar-refractivity contribution in [2.24, 2.45) is 0 Å². The molecule has 3 heteroatoms. The van der Waals surface area contributed by atoms with E-state index in [1.165, 1.54) is 11.1 Å². The van der Waals surface area contributed by atoms with Crippen LogP contribution in [0.4, 0.5) is 0 Å². The molecule has 1 aromatic carbocycles. The first-order valence-electron chi connectivity index (χ1n) is 4.90. The summed E-state index contributed by atoms with van der Waals surface area (Å²) in [5.74, 6) is 0. The van der Waals surface area contributed by atoms with E-state index < -0.39 is 0 Å². The Morgan fingerprint density at radius 1 is 1.27 bits per heavy atom. The topological polar surface area (TPSA) is 17.8 Å². The average Bonchev–Trinajstić information content (AvgIpc) is 2.58. The van der Waals surface area contributed by atoms with E-state index >= 15 is 0 Å². The van der Waals surface area contributed by atoms with E-state index in [1.807, 2.05) is 23.9 Å². The van der Waals surface area contributed by atoms with Crippen molar-refractivity contribution in [2.45, 2.75) is 20.4 Å². The molecule has 0 N–H and O–H groups in total. The van der Waals surface area contributed by atoms with E-state index in [0.717, 1.165) is 16.7 Å². The Labute approximate surface area is 98.1 Å². The summed E-state index contributed by atoms with van der Waals surface area (Å²) in [5, 5.41) is 4.36. The predicted octanol–water partition coefficient (Wildman–Crippen LogP) is 3.31. The zero-order chi connectivity index (χ0) is 10.8. The van der Waals surface area contributed by atoms with Crippen LogP contribution in [0, 0.1) is 13.8 Å². The van der Waals surface area contributed by atoms with E-state index in [2.05, 4.69) is 46.2 Å². The molecule has 78 valence electrons. The molecule has 0 fully saturated rings. The van der Waals surface area contributed by atoms with Gasteiger partial charge in [0.25, 0.3) is 0 Å². The average molecular weight is 265 g/mol. The maximum atomic E-state index is 4.36. The van der Waals surface area contributed by atoms with E-state index in [4.69, 9.17) is 0 Å². The first-order valence-corrected chi connectivity index (χ1v) is 5.69. The number of aromatic nitrogens is 2. The van der Waals surface area contributed by atoms with Gasteiger partial charge in [0.2, 0.25) is 0 Å². The molecule has 15 heavy (non-hydrogen) atoms. The van der Waals surface area contributed by atoms with Crippen molar-refractivity contribution >= 4 is 15.9 Å². The molecule has 0 aliphatic rings. The molecule has 0 aliphatic carbocycles. The number of aryl methyl sites for hydroxylation is 2. The highest BCUT2D eigenvalue weighted by molar-refractivity contribution is 9.10. The van der Waals surface area contributed by atoms with Gasteiger partial charge in [-0.15, -0.1) is 0 Å². The molecule has 0 saturated carbocycles. The fourth-order valence-corrected chi connectivity index (χ4v) is 1.90. The van der Waals surface area contributed by atoms with Crippen molar-refractivity contribution in [3.8, 4) is 0 Å². The van der Waals surface area contributed by atoms with Gasteiger partial charge in [-0.05, 0) is 37.1 Å². The second-order valence-electron chi connectivity index (χ2n) is 3.74. The van der Waals surface area contributed by atoms with Crippen molar-refractivity contribution in [3.05, 3.63) is 51.8 Å². The highest BCUT2D eigenvalue weighted by atomic mass is 79.9. The van der Waals surface area contributed by atoms with Gasteiger partial charge >= 0.3 is 0 Å². The predicted molar refractivity (Wildman–Crippen MR) is 64.9 cm³/mol. The van der Waals surface area contributed by atoms with Gasteiger partial charge in [-0.25, -0.2) is 0 Å². The fourth-order valence-electron chi connectivity index (χ4n) is 1.47. The van der Waals surface area contributed by atoms with Crippen LogP contribution in [0.15, 0.2) is 34.9 Å². The van der Waals surface area contributed by atoms with Crippen molar-refractivity contribution < 1.29 is 0 Å². The molecule has 2 nitrogen and oxygen atoms in total. The van der Waals surface area contributed by atoms with Crippen LogP contribution in [-0.4, -0.2) is 9.78 Å². The van der Waals surface area contributed by atoms with Gasteiger partial charge in [0.05, 0.1) is 12.2 Å². The summed E-state index contributed by atoms with van der Waals surface area (Å²) in [6.07, 6.45) is 2.00. The largest absolute Gasteiger partial charge is 0.268 e. The normalized spacial score (nSPS) is 10.6. The molecule has 0 aliphatic heterocycles. The van der Waals surface area contributed by atoms with E-state index in [-0.39, 0.29) is 0 Å². The first kappa shape index (κ1) is 10.4. The van der Waals surface area contributed by atoms with Crippen LogP contribution in [0.3, 0.4) is 0 Å². The Hall–Kier alpha value is -1.09. The Kier molecular flexibility index (Phi) is 2.91. The SMILES string of the molecule is Cc1ccn(Cc2ccc(C)c(Br)c2)n1. The third kappa shape index (κ3) is 2.48. The lowest BCUT2D eigenvalue weighted by Crippen LogP contribution is -2.00. The van der Waals surface area contributed by atoms with Crippen LogP contribution in [0.25, 0.3) is 0 Å². The number of benzene rings is 1. The second kappa shape index (κ2) is 4.19. The van der Waals surface area contributed by atoms with Crippen LogP contribution in [0.1, 0.15) is 16.8 Å². The minimum Gasteiger partial charge on any atom is -0.268 e. The first-order chi connectivity index (χ1) is 7.15. The Morgan fingerprint density at radius 2 is 2.07 bits per heavy atom. The molecule has 0 bridgehead atoms. The molecule has 0 radical (unpaired) electrons. The molecule has 1 aromatic heterocycles. The molecular weight excluding hydrogens is 252 g/mol. The molecule has 0 amide bonds. The summed E-state index contributed by atoms with van der Waals surface area (Å²) in [5.41, 5.74) is 3.58. The van der Waals surface area contributed by atoms with Gasteiger partial charge in [-0.3, -0.25) is 4.68 Å². The number of hydrogen-bond donors (Lipinski definition) is 0. The summed E-state index contributed by atoms with van der Waals surface area (Å²) >= 11 is 3.53. The number of rotatable bonds is 2. The Morgan fingerprint density at radius 3 is 2.67 bits per heavy atom. The molecule has 0 unspecified atom stereocenters. The highest BCUT2D eigenvalue weighted by Gasteiger charge is 1.99. The molecular formula is C12H13BrN2. The zero-order valence-corrected chi connectivity index (χ0v) is 10.5. The standard InChI is InChI=1S/C12H13BrN2/c1-9-3-4-11(7-12(9)13)8-15-6-5-10(2)14-15/h3-7H,8H2,1-2H3. The Balaban J connectivity index is 2.21. The van der Waals surface area contributed by atoms with Gasteiger partial charge < -0.3 is 0 Å². The number of halogens is 1. The summed E-state index contributed by atoms with van der Waals surface area (Å²) in [4.78, 5) is 0. The van der Waals surface area contributed by atoms with Crippen LogP contribution in [-0.2, 0) is 6.54 Å². The maximum absolute atomic E-state index is 4.36. The van der Waals surface area contributed by atoms with Gasteiger partial charge in [0, 0.05) is 10.7 Å². The molecule has 2 aromatic rings. The summed E-state index contributed by atoms with van der Waals surface area (Å²) in [6.45, 7) is 4.92. The minimum absolute atomic E-state index is 0.826. The monoisotopic (exact) mass is 264 g/mol.